The quantitative estimate of drug-likeness (QED) is 0.652. The van der Waals surface area contributed by atoms with E-state index in [0.29, 0.717) is 18.8 Å². The lowest BCUT2D eigenvalue weighted by atomic mass is 9.97. The van der Waals surface area contributed by atoms with Crippen LogP contribution < -0.4 is 0 Å². The molecular weight excluding hydrogens is 194 g/mol. The molecule has 0 saturated carbocycles. The molecule has 1 fully saturated rings. The molecule has 1 aliphatic rings. The van der Waals surface area contributed by atoms with E-state index in [1.54, 1.807) is 0 Å². The molecule has 4 nitrogen and oxygen atoms in total. The third kappa shape index (κ3) is 4.18. The van der Waals surface area contributed by atoms with Crippen molar-refractivity contribution in [2.24, 2.45) is 5.92 Å². The van der Waals surface area contributed by atoms with Gasteiger partial charge in [0.05, 0.1) is 0 Å². The minimum absolute atomic E-state index is 0.167. The Bertz CT molecular complexity index is 188. The third-order valence-corrected chi connectivity index (χ3v) is 3.02. The van der Waals surface area contributed by atoms with Crippen LogP contribution in [0.15, 0.2) is 0 Å². The Morgan fingerprint density at radius 2 is 1.87 bits per heavy atom. The summed E-state index contributed by atoms with van der Waals surface area (Å²) in [6, 6.07) is 0. The van der Waals surface area contributed by atoms with Crippen molar-refractivity contribution in [3.63, 3.8) is 0 Å². The van der Waals surface area contributed by atoms with Gasteiger partial charge in [-0.15, -0.1) is 0 Å². The highest BCUT2D eigenvalue weighted by Gasteiger charge is 2.21. The molecule has 0 aromatic carbocycles. The summed E-state index contributed by atoms with van der Waals surface area (Å²) in [5.74, 6) is 0.575. The Labute approximate surface area is 90.9 Å². The topological polar surface area (TPSA) is 60.8 Å². The standard InChI is InChI=1S/C11H21NO3/c13-8-2-1-3-11(15)12-6-4-10(9-14)5-7-12/h10,13-14H,1-9H2. The fourth-order valence-corrected chi connectivity index (χ4v) is 1.91. The smallest absolute Gasteiger partial charge is 0.222 e. The summed E-state index contributed by atoms with van der Waals surface area (Å²) in [5.41, 5.74) is 0. The maximum atomic E-state index is 11.6. The molecule has 0 radical (unpaired) electrons. The molecule has 88 valence electrons. The monoisotopic (exact) mass is 215 g/mol. The molecule has 0 spiro atoms. The summed E-state index contributed by atoms with van der Waals surface area (Å²) in [7, 11) is 0. The maximum absolute atomic E-state index is 11.6. The number of aliphatic hydroxyl groups excluding tert-OH is 2. The fraction of sp³-hybridized carbons (Fsp3) is 0.909. The van der Waals surface area contributed by atoms with Gasteiger partial charge in [0.2, 0.25) is 5.91 Å². The van der Waals surface area contributed by atoms with E-state index < -0.39 is 0 Å². The van der Waals surface area contributed by atoms with Crippen LogP contribution in [0.2, 0.25) is 0 Å². The van der Waals surface area contributed by atoms with Crippen LogP contribution in [0.1, 0.15) is 32.1 Å². The van der Waals surface area contributed by atoms with Gasteiger partial charge in [-0.2, -0.15) is 0 Å². The van der Waals surface area contributed by atoms with Gasteiger partial charge < -0.3 is 15.1 Å². The van der Waals surface area contributed by atoms with Crippen LogP contribution >= 0.6 is 0 Å². The predicted molar refractivity (Wildman–Crippen MR) is 57.3 cm³/mol. The molecule has 1 rings (SSSR count). The van der Waals surface area contributed by atoms with Gasteiger partial charge in [0.25, 0.3) is 0 Å². The van der Waals surface area contributed by atoms with Crippen molar-refractivity contribution in [1.82, 2.24) is 4.90 Å². The molecule has 0 bridgehead atoms. The summed E-state index contributed by atoms with van der Waals surface area (Å²) in [4.78, 5) is 13.5. The lowest BCUT2D eigenvalue weighted by Gasteiger charge is -2.31. The Morgan fingerprint density at radius 1 is 1.20 bits per heavy atom. The molecule has 0 aromatic heterocycles. The number of carbonyl (C=O) groups excluding carboxylic acids is 1. The fourth-order valence-electron chi connectivity index (χ4n) is 1.91. The summed E-state index contributed by atoms with van der Waals surface area (Å²) in [6.07, 6.45) is 3.86. The van der Waals surface area contributed by atoms with Crippen LogP contribution in [0.5, 0.6) is 0 Å². The summed E-state index contributed by atoms with van der Waals surface area (Å²) < 4.78 is 0. The van der Waals surface area contributed by atoms with Crippen molar-refractivity contribution in [3.05, 3.63) is 0 Å². The first-order chi connectivity index (χ1) is 7.27. The SMILES string of the molecule is O=C(CCCCO)N1CCC(CO)CC1. The zero-order valence-electron chi connectivity index (χ0n) is 9.19. The normalized spacial score (nSPS) is 18.1. The number of amides is 1. The zero-order valence-corrected chi connectivity index (χ0v) is 9.19. The maximum Gasteiger partial charge on any atom is 0.222 e. The van der Waals surface area contributed by atoms with E-state index in [9.17, 15) is 4.79 Å². The molecular formula is C11H21NO3. The minimum atomic E-state index is 0.167. The second kappa shape index (κ2) is 6.80. The molecule has 2 N–H and O–H groups in total. The molecule has 4 heteroatoms. The summed E-state index contributed by atoms with van der Waals surface area (Å²) >= 11 is 0. The number of aliphatic hydroxyl groups is 2. The Kier molecular flexibility index (Phi) is 5.65. The number of carbonyl (C=O) groups is 1. The van der Waals surface area contributed by atoms with Gasteiger partial charge in [0.15, 0.2) is 0 Å². The van der Waals surface area contributed by atoms with E-state index in [1.807, 2.05) is 4.90 Å². The van der Waals surface area contributed by atoms with Crippen molar-refractivity contribution in [2.45, 2.75) is 32.1 Å². The Balaban J connectivity index is 2.18. The van der Waals surface area contributed by atoms with Crippen molar-refractivity contribution in [1.29, 1.82) is 0 Å². The summed E-state index contributed by atoms with van der Waals surface area (Å²) in [5, 5.41) is 17.6. The second-order valence-corrected chi connectivity index (χ2v) is 4.19. The van der Waals surface area contributed by atoms with Gasteiger partial charge in [0, 0.05) is 32.7 Å². The molecule has 0 atom stereocenters. The zero-order chi connectivity index (χ0) is 11.1. The lowest BCUT2D eigenvalue weighted by Crippen LogP contribution is -2.39. The third-order valence-electron chi connectivity index (χ3n) is 3.02. The lowest BCUT2D eigenvalue weighted by molar-refractivity contribution is -0.132. The van der Waals surface area contributed by atoms with E-state index in [2.05, 4.69) is 0 Å². The van der Waals surface area contributed by atoms with Crippen LogP contribution in [0.3, 0.4) is 0 Å². The number of hydrogen-bond donors (Lipinski definition) is 2. The number of unbranched alkanes of at least 4 members (excludes halogenated alkanes) is 1. The van der Waals surface area contributed by atoms with Crippen LogP contribution in [-0.2, 0) is 4.79 Å². The van der Waals surface area contributed by atoms with Crippen LogP contribution in [0.4, 0.5) is 0 Å². The Morgan fingerprint density at radius 3 is 2.40 bits per heavy atom. The second-order valence-electron chi connectivity index (χ2n) is 4.19. The highest BCUT2D eigenvalue weighted by atomic mass is 16.3. The largest absolute Gasteiger partial charge is 0.396 e. The highest BCUT2D eigenvalue weighted by molar-refractivity contribution is 5.76. The van der Waals surface area contributed by atoms with Crippen molar-refractivity contribution in [3.8, 4) is 0 Å². The highest BCUT2D eigenvalue weighted by Crippen LogP contribution is 2.17. The average molecular weight is 215 g/mol. The predicted octanol–water partition coefficient (Wildman–Crippen LogP) is 0.380. The van der Waals surface area contributed by atoms with Gasteiger partial charge in [-0.1, -0.05) is 0 Å². The summed E-state index contributed by atoms with van der Waals surface area (Å²) in [6.45, 7) is 1.97. The first-order valence-corrected chi connectivity index (χ1v) is 5.77. The first-order valence-electron chi connectivity index (χ1n) is 5.77. The average Bonchev–Trinajstić information content (AvgIpc) is 2.29. The van der Waals surface area contributed by atoms with Gasteiger partial charge in [0.1, 0.15) is 0 Å². The van der Waals surface area contributed by atoms with Gasteiger partial charge >= 0.3 is 0 Å². The number of likely N-dealkylation sites (tertiary alicyclic amines) is 1. The number of nitrogens with zero attached hydrogens (tertiary/aromatic N) is 1. The van der Waals surface area contributed by atoms with Gasteiger partial charge in [-0.05, 0) is 31.6 Å². The number of piperidine rings is 1. The number of rotatable bonds is 5. The first kappa shape index (κ1) is 12.5. The van der Waals surface area contributed by atoms with E-state index in [0.717, 1.165) is 32.4 Å². The van der Waals surface area contributed by atoms with E-state index in [4.69, 9.17) is 10.2 Å². The Hall–Kier alpha value is -0.610. The van der Waals surface area contributed by atoms with Crippen molar-refractivity contribution in [2.75, 3.05) is 26.3 Å². The molecule has 0 aromatic rings. The molecule has 1 saturated heterocycles. The van der Waals surface area contributed by atoms with Crippen molar-refractivity contribution >= 4 is 5.91 Å². The van der Waals surface area contributed by atoms with Crippen molar-refractivity contribution < 1.29 is 15.0 Å². The van der Waals surface area contributed by atoms with E-state index in [-0.39, 0.29) is 19.1 Å². The molecule has 1 amide bonds. The minimum Gasteiger partial charge on any atom is -0.396 e. The van der Waals surface area contributed by atoms with Gasteiger partial charge in [-0.25, -0.2) is 0 Å². The van der Waals surface area contributed by atoms with Crippen LogP contribution in [0, 0.1) is 5.92 Å². The molecule has 0 aliphatic carbocycles. The molecule has 1 aliphatic heterocycles. The molecule has 0 unspecified atom stereocenters. The number of hydrogen-bond acceptors (Lipinski definition) is 3. The van der Waals surface area contributed by atoms with Crippen LogP contribution in [0.25, 0.3) is 0 Å². The van der Waals surface area contributed by atoms with Crippen LogP contribution in [-0.4, -0.2) is 47.3 Å². The van der Waals surface area contributed by atoms with E-state index >= 15 is 0 Å². The molecule has 15 heavy (non-hydrogen) atoms. The van der Waals surface area contributed by atoms with Gasteiger partial charge in [-0.3, -0.25) is 4.79 Å². The molecule has 1 heterocycles. The van der Waals surface area contributed by atoms with E-state index in [1.165, 1.54) is 0 Å².